The first-order valence-corrected chi connectivity index (χ1v) is 13.1. The predicted molar refractivity (Wildman–Crippen MR) is 127 cm³/mol. The number of aromatic nitrogens is 4. The number of nitro groups is 1. The van der Waals surface area contributed by atoms with Gasteiger partial charge in [0.05, 0.1) is 16.8 Å². The molecule has 0 bridgehead atoms. The molecule has 0 spiro atoms. The number of benzene rings is 1. The summed E-state index contributed by atoms with van der Waals surface area (Å²) < 4.78 is 36.0. The highest BCUT2D eigenvalue weighted by Gasteiger charge is 2.43. The molecule has 194 valence electrons. The summed E-state index contributed by atoms with van der Waals surface area (Å²) in [6.07, 6.45) is -1.36. The summed E-state index contributed by atoms with van der Waals surface area (Å²) >= 11 is 0. The Morgan fingerprint density at radius 1 is 1.22 bits per heavy atom. The first kappa shape index (κ1) is 25.7. The SMILES string of the molecule is C[C@H]1O[C@@H](n2c(NCCCS(C)(=O)=O)nc3c(OCc4ccc([N+](=O)[O-])cc4)ncnc32)[C@H](O)C1O. The number of nitro benzene ring substituents is 1. The monoisotopic (exact) mass is 522 g/mol. The van der Waals surface area contributed by atoms with Crippen LogP contribution in [0.5, 0.6) is 5.88 Å². The number of non-ortho nitro benzene ring substituents is 1. The van der Waals surface area contributed by atoms with E-state index in [1.54, 1.807) is 19.1 Å². The number of aliphatic hydroxyl groups is 2. The van der Waals surface area contributed by atoms with E-state index in [1.165, 1.54) is 23.0 Å². The second-order valence-electron chi connectivity index (χ2n) is 8.49. The quantitative estimate of drug-likeness (QED) is 0.193. The van der Waals surface area contributed by atoms with E-state index in [4.69, 9.17) is 9.47 Å². The second kappa shape index (κ2) is 10.3. The molecule has 36 heavy (non-hydrogen) atoms. The van der Waals surface area contributed by atoms with Gasteiger partial charge in [0.1, 0.15) is 35.0 Å². The zero-order valence-electron chi connectivity index (χ0n) is 19.5. The van der Waals surface area contributed by atoms with Crippen LogP contribution in [0.1, 0.15) is 25.1 Å². The van der Waals surface area contributed by atoms with Gasteiger partial charge in [-0.25, -0.2) is 18.4 Å². The maximum Gasteiger partial charge on any atom is 0.269 e. The molecule has 4 atom stereocenters. The molecular weight excluding hydrogens is 496 g/mol. The van der Waals surface area contributed by atoms with Gasteiger partial charge in [0.25, 0.3) is 5.69 Å². The largest absolute Gasteiger partial charge is 0.471 e. The molecule has 3 heterocycles. The third kappa shape index (κ3) is 5.53. The minimum atomic E-state index is -3.14. The molecule has 3 aromatic rings. The first-order chi connectivity index (χ1) is 17.0. The third-order valence-electron chi connectivity index (χ3n) is 5.67. The van der Waals surface area contributed by atoms with Crippen molar-refractivity contribution in [3.63, 3.8) is 0 Å². The van der Waals surface area contributed by atoms with Crippen LogP contribution in [0, 0.1) is 10.1 Å². The molecule has 3 N–H and O–H groups in total. The van der Waals surface area contributed by atoms with Gasteiger partial charge < -0.3 is 25.0 Å². The molecule has 15 heteroatoms. The van der Waals surface area contributed by atoms with Crippen molar-refractivity contribution in [1.82, 2.24) is 19.5 Å². The number of imidazole rings is 1. The van der Waals surface area contributed by atoms with E-state index in [0.29, 0.717) is 12.0 Å². The van der Waals surface area contributed by atoms with E-state index in [0.717, 1.165) is 6.26 Å². The summed E-state index contributed by atoms with van der Waals surface area (Å²) in [5.74, 6) is 0.323. The average molecular weight is 523 g/mol. The van der Waals surface area contributed by atoms with Crippen LogP contribution in [0.15, 0.2) is 30.6 Å². The van der Waals surface area contributed by atoms with Crippen molar-refractivity contribution in [3.05, 3.63) is 46.3 Å². The molecule has 2 aromatic heterocycles. The molecule has 1 aliphatic heterocycles. The number of nitrogens with one attached hydrogen (secondary N) is 1. The third-order valence-corrected chi connectivity index (χ3v) is 6.70. The fourth-order valence-corrected chi connectivity index (χ4v) is 4.47. The molecular formula is C21H26N6O8S. The van der Waals surface area contributed by atoms with Crippen molar-refractivity contribution in [2.45, 2.75) is 44.5 Å². The highest BCUT2D eigenvalue weighted by atomic mass is 32.2. The number of anilines is 1. The Hall–Kier alpha value is -3.40. The summed E-state index contributed by atoms with van der Waals surface area (Å²) in [5, 5.41) is 34.7. The lowest BCUT2D eigenvalue weighted by Gasteiger charge is -2.19. The van der Waals surface area contributed by atoms with Crippen LogP contribution >= 0.6 is 0 Å². The number of hydrogen-bond donors (Lipinski definition) is 3. The van der Waals surface area contributed by atoms with Crippen LogP contribution in [-0.2, 0) is 21.2 Å². The van der Waals surface area contributed by atoms with Crippen LogP contribution in [0.2, 0.25) is 0 Å². The van der Waals surface area contributed by atoms with E-state index < -0.39 is 39.3 Å². The second-order valence-corrected chi connectivity index (χ2v) is 10.8. The van der Waals surface area contributed by atoms with Crippen molar-refractivity contribution in [2.75, 3.05) is 23.9 Å². The van der Waals surface area contributed by atoms with Crippen molar-refractivity contribution in [1.29, 1.82) is 0 Å². The van der Waals surface area contributed by atoms with Gasteiger partial charge in [-0.1, -0.05) is 0 Å². The van der Waals surface area contributed by atoms with Gasteiger partial charge in [-0.05, 0) is 31.0 Å². The van der Waals surface area contributed by atoms with Crippen molar-refractivity contribution < 1.29 is 33.0 Å². The van der Waals surface area contributed by atoms with Crippen LogP contribution in [0.4, 0.5) is 11.6 Å². The Bertz CT molecular complexity index is 1350. The van der Waals surface area contributed by atoms with Gasteiger partial charge in [-0.3, -0.25) is 14.7 Å². The highest BCUT2D eigenvalue weighted by molar-refractivity contribution is 7.90. The lowest BCUT2D eigenvalue weighted by atomic mass is 10.1. The summed E-state index contributed by atoms with van der Waals surface area (Å²) in [4.78, 5) is 23.3. The van der Waals surface area contributed by atoms with E-state index in [1.807, 2.05) is 0 Å². The van der Waals surface area contributed by atoms with Gasteiger partial charge in [0.15, 0.2) is 17.4 Å². The molecule has 1 fully saturated rings. The van der Waals surface area contributed by atoms with Gasteiger partial charge in [-0.15, -0.1) is 0 Å². The maximum atomic E-state index is 11.5. The van der Waals surface area contributed by atoms with E-state index >= 15 is 0 Å². The Kier molecular flexibility index (Phi) is 7.35. The van der Waals surface area contributed by atoms with Crippen LogP contribution < -0.4 is 10.1 Å². The number of nitrogens with zero attached hydrogens (tertiary/aromatic N) is 5. The zero-order valence-corrected chi connectivity index (χ0v) is 20.3. The minimum Gasteiger partial charge on any atom is -0.471 e. The van der Waals surface area contributed by atoms with Gasteiger partial charge in [0, 0.05) is 24.9 Å². The molecule has 14 nitrogen and oxygen atoms in total. The van der Waals surface area contributed by atoms with Crippen molar-refractivity contribution in [3.8, 4) is 5.88 Å². The Morgan fingerprint density at radius 3 is 2.56 bits per heavy atom. The summed E-state index contributed by atoms with van der Waals surface area (Å²) in [5.41, 5.74) is 1.13. The first-order valence-electron chi connectivity index (χ1n) is 11.1. The summed E-state index contributed by atoms with van der Waals surface area (Å²) in [7, 11) is -3.14. The number of fused-ring (bicyclic) bond motifs is 1. The van der Waals surface area contributed by atoms with Crippen molar-refractivity contribution >= 4 is 32.6 Å². The highest BCUT2D eigenvalue weighted by Crippen LogP contribution is 2.36. The van der Waals surface area contributed by atoms with Crippen LogP contribution in [0.3, 0.4) is 0 Å². The minimum absolute atomic E-state index is 0.0259. The number of hydrogen-bond acceptors (Lipinski definition) is 12. The van der Waals surface area contributed by atoms with Gasteiger partial charge in [0.2, 0.25) is 11.8 Å². The smallest absolute Gasteiger partial charge is 0.269 e. The van der Waals surface area contributed by atoms with Gasteiger partial charge in [-0.2, -0.15) is 4.98 Å². The van der Waals surface area contributed by atoms with E-state index in [-0.39, 0.29) is 47.6 Å². The molecule has 1 aliphatic rings. The number of sulfone groups is 1. The van der Waals surface area contributed by atoms with Crippen LogP contribution in [0.25, 0.3) is 11.2 Å². The molecule has 0 amide bonds. The molecule has 0 saturated carbocycles. The van der Waals surface area contributed by atoms with Gasteiger partial charge >= 0.3 is 0 Å². The Morgan fingerprint density at radius 2 is 1.94 bits per heavy atom. The standard InChI is InChI=1S/C21H26N6O8S/c1-12-16(28)17(29)20(35-12)26-18-15(25-21(26)22-8-3-9-36(2,32)33)19(24-11-23-18)34-10-13-4-6-14(7-5-13)27(30)31/h4-7,11-12,16-17,20,28-29H,3,8-10H2,1-2H3,(H,22,25)/t12-,16?,17-,20-/m1/s1. The number of rotatable bonds is 10. The lowest BCUT2D eigenvalue weighted by molar-refractivity contribution is -0.384. The predicted octanol–water partition coefficient (Wildman–Crippen LogP) is 0.799. The van der Waals surface area contributed by atoms with E-state index in [9.17, 15) is 28.7 Å². The average Bonchev–Trinajstić information content (AvgIpc) is 3.32. The fraction of sp³-hybridized carbons (Fsp3) is 0.476. The Labute approximate surface area is 206 Å². The van der Waals surface area contributed by atoms with E-state index in [2.05, 4.69) is 20.3 Å². The number of aliphatic hydroxyl groups excluding tert-OH is 2. The molecule has 0 radical (unpaired) electrons. The molecule has 1 aromatic carbocycles. The Balaban J connectivity index is 1.63. The topological polar surface area (TPSA) is 192 Å². The fourth-order valence-electron chi connectivity index (χ4n) is 3.80. The normalized spacial score (nSPS) is 22.1. The molecule has 4 rings (SSSR count). The summed E-state index contributed by atoms with van der Waals surface area (Å²) in [6, 6.07) is 5.87. The molecule has 1 unspecified atom stereocenters. The van der Waals surface area contributed by atoms with Crippen LogP contribution in [-0.4, -0.2) is 79.9 Å². The molecule has 0 aliphatic carbocycles. The molecule has 1 saturated heterocycles. The lowest BCUT2D eigenvalue weighted by Crippen LogP contribution is -2.31. The summed E-state index contributed by atoms with van der Waals surface area (Å²) in [6.45, 7) is 1.93. The number of ether oxygens (including phenoxy) is 2. The maximum absolute atomic E-state index is 11.5. The zero-order chi connectivity index (χ0) is 26.0. The van der Waals surface area contributed by atoms with Crippen molar-refractivity contribution in [2.24, 2.45) is 0 Å².